The maximum atomic E-state index is 12.2. The minimum atomic E-state index is -1.15. The maximum Gasteiger partial charge on any atom is 0.401 e. The molecular formula is C19H18NO5+. The van der Waals surface area contributed by atoms with Gasteiger partial charge < -0.3 is 9.52 Å². The number of amides is 1. The second kappa shape index (κ2) is 6.88. The number of hydrogen-bond donors (Lipinski definition) is 2. The average Bonchev–Trinajstić information content (AvgIpc) is 2.61. The molecule has 0 saturated carbocycles. The molecule has 6 heteroatoms. The van der Waals surface area contributed by atoms with Crippen LogP contribution in [0.2, 0.25) is 0 Å². The van der Waals surface area contributed by atoms with Crippen molar-refractivity contribution in [1.82, 2.24) is 4.65 Å². The summed E-state index contributed by atoms with van der Waals surface area (Å²) >= 11 is 0. The molecule has 0 radical (unpaired) electrons. The number of rotatable bonds is 6. The molecule has 0 bridgehead atoms. The summed E-state index contributed by atoms with van der Waals surface area (Å²) in [4.78, 5) is 23.7. The van der Waals surface area contributed by atoms with Crippen molar-refractivity contribution in [3.8, 4) is 5.75 Å². The lowest BCUT2D eigenvalue weighted by molar-refractivity contribution is -0.146. The van der Waals surface area contributed by atoms with E-state index < -0.39 is 10.3 Å². The van der Waals surface area contributed by atoms with Gasteiger partial charge in [-0.1, -0.05) is 35.0 Å². The smallest absolute Gasteiger partial charge is 0.401 e. The van der Waals surface area contributed by atoms with E-state index in [2.05, 4.69) is 0 Å². The molecule has 0 saturated heterocycles. The fraction of sp³-hybridized carbons (Fsp3) is 0.158. The van der Waals surface area contributed by atoms with Gasteiger partial charge in [0.2, 0.25) is 0 Å². The number of phenols is 1. The van der Waals surface area contributed by atoms with Gasteiger partial charge in [-0.15, -0.1) is 0 Å². The molecule has 3 rings (SSSR count). The van der Waals surface area contributed by atoms with Crippen molar-refractivity contribution >= 4 is 23.1 Å². The summed E-state index contributed by atoms with van der Waals surface area (Å²) in [6.07, 6.45) is 1.50. The van der Waals surface area contributed by atoms with Gasteiger partial charge in [-0.25, -0.2) is 14.8 Å². The molecule has 1 atom stereocenters. The Hall–Kier alpha value is -2.96. The molecular weight excluding hydrogens is 322 g/mol. The second-order valence-electron chi connectivity index (χ2n) is 5.89. The summed E-state index contributed by atoms with van der Waals surface area (Å²) in [5.74, 6) is -0.0357. The Morgan fingerprint density at radius 3 is 2.56 bits per heavy atom. The van der Waals surface area contributed by atoms with Crippen LogP contribution >= 0.6 is 0 Å². The number of quaternary nitrogens is 1. The molecule has 0 spiro atoms. The predicted molar refractivity (Wildman–Crippen MR) is 93.4 cm³/mol. The Morgan fingerprint density at radius 1 is 1.08 bits per heavy atom. The van der Waals surface area contributed by atoms with Crippen LogP contribution in [0.5, 0.6) is 5.75 Å². The molecule has 3 aromatic rings. The number of aromatic hydroxyl groups is 1. The predicted octanol–water partition coefficient (Wildman–Crippen LogP) is 2.98. The molecule has 0 aliphatic rings. The zero-order chi connectivity index (χ0) is 17.9. The van der Waals surface area contributed by atoms with E-state index in [0.29, 0.717) is 24.6 Å². The van der Waals surface area contributed by atoms with E-state index in [1.807, 2.05) is 30.3 Å². The summed E-state index contributed by atoms with van der Waals surface area (Å²) in [5.41, 5.74) is 0.310. The van der Waals surface area contributed by atoms with E-state index in [1.165, 1.54) is 18.2 Å². The molecule has 2 N–H and O–H groups in total. The SMILES string of the molecule is O=C[N+](O)(CCCc1ccccc1)c1cc2ccc(O)cc2oc1=O. The number of phenolic OH excluding ortho intramolecular Hbond substituents is 1. The highest BCUT2D eigenvalue weighted by Gasteiger charge is 2.33. The molecule has 25 heavy (non-hydrogen) atoms. The Morgan fingerprint density at radius 2 is 1.84 bits per heavy atom. The highest BCUT2D eigenvalue weighted by molar-refractivity contribution is 5.82. The standard InChI is InChI=1S/C19H17NO5/c21-13-20(24,10-4-7-14-5-2-1-3-6-14)17-11-15-8-9-16(22)12-18(15)25-19(17)23/h1-3,5-6,8-9,11-13,24H,4,7,10H2/p+1. The van der Waals surface area contributed by atoms with E-state index in [1.54, 1.807) is 6.07 Å². The monoisotopic (exact) mass is 340 g/mol. The Balaban J connectivity index is 1.87. The van der Waals surface area contributed by atoms with Crippen LogP contribution in [0.4, 0.5) is 5.69 Å². The van der Waals surface area contributed by atoms with Crippen LogP contribution in [-0.2, 0) is 11.2 Å². The molecule has 1 heterocycles. The maximum absolute atomic E-state index is 12.2. The van der Waals surface area contributed by atoms with Crippen molar-refractivity contribution in [2.75, 3.05) is 6.54 Å². The van der Waals surface area contributed by atoms with Crippen LogP contribution in [0.1, 0.15) is 12.0 Å². The normalized spacial score (nSPS) is 13.5. The largest absolute Gasteiger partial charge is 0.508 e. The van der Waals surface area contributed by atoms with Crippen molar-refractivity contribution in [2.45, 2.75) is 12.8 Å². The van der Waals surface area contributed by atoms with Gasteiger partial charge >= 0.3 is 12.0 Å². The Labute approximate surface area is 143 Å². The van der Waals surface area contributed by atoms with E-state index in [0.717, 1.165) is 5.56 Å². The van der Waals surface area contributed by atoms with Gasteiger partial charge in [-0.05, 0) is 24.1 Å². The number of fused-ring (bicyclic) bond motifs is 1. The number of nitrogens with zero attached hydrogens (tertiary/aromatic N) is 1. The van der Waals surface area contributed by atoms with Gasteiger partial charge in [-0.2, -0.15) is 0 Å². The fourth-order valence-electron chi connectivity index (χ4n) is 2.76. The lowest BCUT2D eigenvalue weighted by atomic mass is 10.1. The number of benzene rings is 2. The van der Waals surface area contributed by atoms with Gasteiger partial charge in [0, 0.05) is 23.9 Å². The van der Waals surface area contributed by atoms with Crippen molar-refractivity contribution in [1.29, 1.82) is 0 Å². The van der Waals surface area contributed by atoms with Crippen LogP contribution in [0.25, 0.3) is 11.0 Å². The quantitative estimate of drug-likeness (QED) is 0.237. The summed E-state index contributed by atoms with van der Waals surface area (Å²) < 4.78 is 3.99. The van der Waals surface area contributed by atoms with Crippen LogP contribution in [0.3, 0.4) is 0 Å². The minimum absolute atomic E-state index is 0.0357. The highest BCUT2D eigenvalue weighted by Crippen LogP contribution is 2.24. The number of hydrogen-bond acceptors (Lipinski definition) is 5. The molecule has 0 aliphatic carbocycles. The first-order chi connectivity index (χ1) is 12.0. The summed E-state index contributed by atoms with van der Waals surface area (Å²) in [6.45, 7) is 0.0484. The van der Waals surface area contributed by atoms with Gasteiger partial charge in [-0.3, -0.25) is 0 Å². The van der Waals surface area contributed by atoms with E-state index in [9.17, 15) is 19.9 Å². The van der Waals surface area contributed by atoms with Gasteiger partial charge in [0.1, 0.15) is 17.9 Å². The molecule has 0 fully saturated rings. The molecule has 1 aromatic heterocycles. The van der Waals surface area contributed by atoms with Gasteiger partial charge in [0.05, 0.1) is 0 Å². The number of aryl methyl sites for hydroxylation is 1. The summed E-state index contributed by atoms with van der Waals surface area (Å²) in [5, 5.41) is 20.6. The topological polar surface area (TPSA) is 87.7 Å². The van der Waals surface area contributed by atoms with Gasteiger partial charge in [0.25, 0.3) is 5.69 Å². The average molecular weight is 340 g/mol. The molecule has 1 amide bonds. The first-order valence-corrected chi connectivity index (χ1v) is 7.90. The lowest BCUT2D eigenvalue weighted by Crippen LogP contribution is -2.48. The number of carbonyl (C=O) groups is 1. The third-order valence-corrected chi connectivity index (χ3v) is 4.10. The second-order valence-corrected chi connectivity index (χ2v) is 5.89. The summed E-state index contributed by atoms with van der Waals surface area (Å²) in [7, 11) is 0. The molecule has 1 unspecified atom stereocenters. The third kappa shape index (κ3) is 3.60. The fourth-order valence-corrected chi connectivity index (χ4v) is 2.76. The Kier molecular flexibility index (Phi) is 4.65. The van der Waals surface area contributed by atoms with Crippen molar-refractivity contribution in [3.05, 3.63) is 70.6 Å². The lowest BCUT2D eigenvalue weighted by Gasteiger charge is -2.21. The highest BCUT2D eigenvalue weighted by atomic mass is 16.6. The molecule has 128 valence electrons. The van der Waals surface area contributed by atoms with Crippen LogP contribution in [0.15, 0.2) is 63.8 Å². The van der Waals surface area contributed by atoms with Crippen molar-refractivity contribution in [3.63, 3.8) is 0 Å². The van der Waals surface area contributed by atoms with Gasteiger partial charge in [0.15, 0.2) is 0 Å². The zero-order valence-electron chi connectivity index (χ0n) is 13.5. The third-order valence-electron chi connectivity index (χ3n) is 4.10. The van der Waals surface area contributed by atoms with Crippen LogP contribution in [0, 0.1) is 0 Å². The Bertz CT molecular complexity index is 951. The van der Waals surface area contributed by atoms with E-state index in [-0.39, 0.29) is 23.6 Å². The van der Waals surface area contributed by atoms with E-state index >= 15 is 0 Å². The first-order valence-electron chi connectivity index (χ1n) is 7.90. The van der Waals surface area contributed by atoms with E-state index in [4.69, 9.17) is 4.42 Å². The van der Waals surface area contributed by atoms with Crippen molar-refractivity contribution in [2.24, 2.45) is 0 Å². The molecule has 2 aromatic carbocycles. The van der Waals surface area contributed by atoms with Crippen LogP contribution in [-0.4, -0.2) is 23.3 Å². The van der Waals surface area contributed by atoms with Crippen molar-refractivity contribution < 1.29 is 19.5 Å². The van der Waals surface area contributed by atoms with Crippen LogP contribution < -0.4 is 10.3 Å². The minimum Gasteiger partial charge on any atom is -0.508 e. The zero-order valence-corrected chi connectivity index (χ0v) is 13.5. The summed E-state index contributed by atoms with van der Waals surface area (Å²) in [6, 6.07) is 15.4. The molecule has 6 nitrogen and oxygen atoms in total. The number of carbonyl (C=O) groups excluding carboxylic acids is 1. The first kappa shape index (κ1) is 16.9. The molecule has 0 aliphatic heterocycles. The number of hydroxylamine groups is 2.